The number of aliphatic carboxylic acids is 1. The van der Waals surface area contributed by atoms with Gasteiger partial charge in [0.15, 0.2) is 0 Å². The van der Waals surface area contributed by atoms with E-state index in [0.717, 1.165) is 5.56 Å². The summed E-state index contributed by atoms with van der Waals surface area (Å²) in [4.78, 5) is 24.9. The maximum atomic E-state index is 11.9. The fraction of sp³-hybridized carbons (Fsp3) is 0.467. The zero-order valence-corrected chi connectivity index (χ0v) is 12.6. The number of benzene rings is 1. The number of carbonyl (C=O) groups is 2. The molecule has 1 fully saturated rings. The Morgan fingerprint density at radius 2 is 2.10 bits per heavy atom. The highest BCUT2D eigenvalue weighted by atomic mass is 35.5. The molecular weight excluding hydrogens is 292 g/mol. The second-order valence-corrected chi connectivity index (χ2v) is 5.89. The third-order valence-electron chi connectivity index (χ3n) is 3.81. The summed E-state index contributed by atoms with van der Waals surface area (Å²) < 4.78 is 0. The first-order valence-corrected chi connectivity index (χ1v) is 7.30. The normalized spacial score (nSPS) is 22.2. The summed E-state index contributed by atoms with van der Waals surface area (Å²) in [7, 11) is 0. The zero-order chi connectivity index (χ0) is 15.4. The second-order valence-electron chi connectivity index (χ2n) is 5.48. The Bertz CT molecular complexity index is 535. The Hall–Kier alpha value is -1.59. The first-order valence-electron chi connectivity index (χ1n) is 6.92. The summed E-state index contributed by atoms with van der Waals surface area (Å²) in [6.07, 6.45) is 0. The van der Waals surface area contributed by atoms with Crippen LogP contribution in [0, 0.1) is 11.8 Å². The largest absolute Gasteiger partial charge is 0.481 e. The van der Waals surface area contributed by atoms with Crippen LogP contribution in [0.15, 0.2) is 24.3 Å². The maximum absolute atomic E-state index is 11.9. The summed E-state index contributed by atoms with van der Waals surface area (Å²) in [6.45, 7) is 3.57. The number of carbonyl (C=O) groups excluding carboxylic acids is 1. The van der Waals surface area contributed by atoms with E-state index in [1.54, 1.807) is 6.07 Å². The van der Waals surface area contributed by atoms with Crippen molar-refractivity contribution in [1.29, 1.82) is 0 Å². The number of carboxylic acids is 1. The third kappa shape index (κ3) is 4.19. The zero-order valence-electron chi connectivity index (χ0n) is 11.9. The predicted molar refractivity (Wildman–Crippen MR) is 80.0 cm³/mol. The molecule has 1 heterocycles. The van der Waals surface area contributed by atoms with Crippen LogP contribution < -0.4 is 5.32 Å². The molecule has 0 unspecified atom stereocenters. The van der Waals surface area contributed by atoms with E-state index in [1.807, 2.05) is 30.0 Å². The van der Waals surface area contributed by atoms with Gasteiger partial charge in [0.1, 0.15) is 0 Å². The number of hydrogen-bond donors (Lipinski definition) is 2. The number of halogens is 1. The van der Waals surface area contributed by atoms with E-state index in [4.69, 9.17) is 16.7 Å². The molecule has 2 atom stereocenters. The number of likely N-dealkylation sites (tertiary alicyclic amines) is 1. The summed E-state index contributed by atoms with van der Waals surface area (Å²) in [5.74, 6) is -1.23. The van der Waals surface area contributed by atoms with E-state index in [1.165, 1.54) is 0 Å². The molecule has 1 aliphatic rings. The van der Waals surface area contributed by atoms with E-state index in [2.05, 4.69) is 5.32 Å². The molecule has 21 heavy (non-hydrogen) atoms. The molecule has 1 amide bonds. The predicted octanol–water partition coefficient (Wildman–Crippen LogP) is 1.61. The van der Waals surface area contributed by atoms with Crippen molar-refractivity contribution in [3.05, 3.63) is 34.9 Å². The molecule has 2 N–H and O–H groups in total. The fourth-order valence-corrected chi connectivity index (χ4v) is 2.81. The Morgan fingerprint density at radius 1 is 1.38 bits per heavy atom. The molecule has 0 spiro atoms. The van der Waals surface area contributed by atoms with E-state index in [9.17, 15) is 9.59 Å². The smallest absolute Gasteiger partial charge is 0.308 e. The van der Waals surface area contributed by atoms with Gasteiger partial charge >= 0.3 is 5.97 Å². The molecule has 5 nitrogen and oxygen atoms in total. The van der Waals surface area contributed by atoms with Crippen LogP contribution in [0.2, 0.25) is 5.02 Å². The van der Waals surface area contributed by atoms with Crippen molar-refractivity contribution in [3.8, 4) is 0 Å². The van der Waals surface area contributed by atoms with Gasteiger partial charge in [-0.15, -0.1) is 0 Å². The Kier molecular flexibility index (Phi) is 5.20. The molecule has 114 valence electrons. The van der Waals surface area contributed by atoms with Gasteiger partial charge in [0.05, 0.1) is 12.5 Å². The lowest BCUT2D eigenvalue weighted by Gasteiger charge is -2.15. The van der Waals surface area contributed by atoms with Gasteiger partial charge in [-0.2, -0.15) is 0 Å². The highest BCUT2D eigenvalue weighted by molar-refractivity contribution is 6.31. The minimum Gasteiger partial charge on any atom is -0.481 e. The van der Waals surface area contributed by atoms with Gasteiger partial charge in [0, 0.05) is 24.7 Å². The number of carboxylic acid groups (broad SMARTS) is 1. The summed E-state index contributed by atoms with van der Waals surface area (Å²) in [5, 5.41) is 12.5. The number of nitrogens with zero attached hydrogens (tertiary/aromatic N) is 1. The molecule has 2 rings (SSSR count). The van der Waals surface area contributed by atoms with E-state index >= 15 is 0 Å². The van der Waals surface area contributed by atoms with Crippen LogP contribution in [0.25, 0.3) is 0 Å². The van der Waals surface area contributed by atoms with Crippen LogP contribution in [-0.4, -0.2) is 41.5 Å². The van der Waals surface area contributed by atoms with Crippen molar-refractivity contribution in [2.75, 3.05) is 19.6 Å². The lowest BCUT2D eigenvalue weighted by atomic mass is 9.99. The van der Waals surface area contributed by atoms with Crippen molar-refractivity contribution >= 4 is 23.5 Å². The van der Waals surface area contributed by atoms with Gasteiger partial charge in [0.25, 0.3) is 0 Å². The van der Waals surface area contributed by atoms with Crippen LogP contribution in [-0.2, 0) is 16.1 Å². The van der Waals surface area contributed by atoms with Crippen LogP contribution in [0.1, 0.15) is 12.5 Å². The van der Waals surface area contributed by atoms with E-state index < -0.39 is 5.97 Å². The summed E-state index contributed by atoms with van der Waals surface area (Å²) >= 11 is 6.02. The highest BCUT2D eigenvalue weighted by Gasteiger charge is 2.35. The SMILES string of the molecule is C[C@@H]1CN(CC(=O)NCc2ccccc2Cl)C[C@H]1C(=O)O. The molecule has 0 aromatic heterocycles. The van der Waals surface area contributed by atoms with Crippen LogP contribution >= 0.6 is 11.6 Å². The lowest BCUT2D eigenvalue weighted by molar-refractivity contribution is -0.142. The lowest BCUT2D eigenvalue weighted by Crippen LogP contribution is -2.36. The third-order valence-corrected chi connectivity index (χ3v) is 4.17. The molecule has 0 radical (unpaired) electrons. The number of amides is 1. The van der Waals surface area contributed by atoms with Crippen molar-refractivity contribution in [2.24, 2.45) is 11.8 Å². The topological polar surface area (TPSA) is 69.6 Å². The van der Waals surface area contributed by atoms with Gasteiger partial charge in [-0.3, -0.25) is 14.5 Å². The van der Waals surface area contributed by atoms with Gasteiger partial charge < -0.3 is 10.4 Å². The average molecular weight is 311 g/mol. The first kappa shape index (κ1) is 15.8. The molecule has 1 aromatic carbocycles. The average Bonchev–Trinajstić information content (AvgIpc) is 2.79. The Balaban J connectivity index is 1.81. The van der Waals surface area contributed by atoms with Crippen LogP contribution in [0.3, 0.4) is 0 Å². The quantitative estimate of drug-likeness (QED) is 0.867. The van der Waals surface area contributed by atoms with Crippen molar-refractivity contribution in [3.63, 3.8) is 0 Å². The Morgan fingerprint density at radius 3 is 2.71 bits per heavy atom. The molecule has 0 saturated carbocycles. The highest BCUT2D eigenvalue weighted by Crippen LogP contribution is 2.22. The van der Waals surface area contributed by atoms with Gasteiger partial charge in [-0.05, 0) is 17.5 Å². The minimum atomic E-state index is -0.790. The Labute approximate surface area is 128 Å². The minimum absolute atomic E-state index is 0.0684. The van der Waals surface area contributed by atoms with Crippen LogP contribution in [0.5, 0.6) is 0 Å². The first-order chi connectivity index (χ1) is 9.97. The fourth-order valence-electron chi connectivity index (χ4n) is 2.61. The van der Waals surface area contributed by atoms with E-state index in [-0.39, 0.29) is 24.3 Å². The molecule has 1 aromatic rings. The van der Waals surface area contributed by atoms with Gasteiger partial charge in [-0.25, -0.2) is 0 Å². The van der Waals surface area contributed by atoms with Crippen molar-refractivity contribution < 1.29 is 14.7 Å². The summed E-state index contributed by atoms with van der Waals surface area (Å²) in [6, 6.07) is 7.35. The molecule has 1 aliphatic heterocycles. The van der Waals surface area contributed by atoms with Gasteiger partial charge in [-0.1, -0.05) is 36.7 Å². The summed E-state index contributed by atoms with van der Waals surface area (Å²) in [5.41, 5.74) is 0.866. The van der Waals surface area contributed by atoms with E-state index in [0.29, 0.717) is 24.7 Å². The van der Waals surface area contributed by atoms with Crippen molar-refractivity contribution in [1.82, 2.24) is 10.2 Å². The molecular formula is C15H19ClN2O3. The molecule has 0 bridgehead atoms. The standard InChI is InChI=1S/C15H19ClN2O3/c1-10-7-18(8-12(10)15(20)21)9-14(19)17-6-11-4-2-3-5-13(11)16/h2-5,10,12H,6-9H2,1H3,(H,17,19)(H,20,21)/t10-,12-/m1/s1. The molecule has 1 saturated heterocycles. The molecule has 0 aliphatic carbocycles. The van der Waals surface area contributed by atoms with Crippen LogP contribution in [0.4, 0.5) is 0 Å². The number of rotatable bonds is 5. The molecule has 6 heteroatoms. The number of hydrogen-bond acceptors (Lipinski definition) is 3. The monoisotopic (exact) mass is 310 g/mol. The van der Waals surface area contributed by atoms with Gasteiger partial charge in [0.2, 0.25) is 5.91 Å². The second kappa shape index (κ2) is 6.91. The van der Waals surface area contributed by atoms with Crippen molar-refractivity contribution in [2.45, 2.75) is 13.5 Å². The maximum Gasteiger partial charge on any atom is 0.308 e. The number of nitrogens with one attached hydrogen (secondary N) is 1.